The average Bonchev–Trinajstić information content (AvgIpc) is 2.30. The van der Waals surface area contributed by atoms with E-state index in [0.29, 0.717) is 5.02 Å². The Balaban J connectivity index is 1.88. The van der Waals surface area contributed by atoms with Crippen LogP contribution in [0.4, 0.5) is 5.82 Å². The average molecular weight is 254 g/mol. The van der Waals surface area contributed by atoms with E-state index in [1.807, 2.05) is 12.1 Å². The second-order valence-electron chi connectivity index (χ2n) is 5.03. The first-order valence-corrected chi connectivity index (χ1v) is 6.54. The molecule has 0 saturated carbocycles. The minimum absolute atomic E-state index is 0.705. The second-order valence-corrected chi connectivity index (χ2v) is 5.46. The molecule has 1 saturated heterocycles. The zero-order valence-electron chi connectivity index (χ0n) is 10.6. The maximum absolute atomic E-state index is 5.84. The van der Waals surface area contributed by atoms with Gasteiger partial charge in [0.1, 0.15) is 5.82 Å². The molecule has 0 atom stereocenters. The van der Waals surface area contributed by atoms with Crippen molar-refractivity contribution in [3.05, 3.63) is 23.4 Å². The first-order chi connectivity index (χ1) is 8.15. The van der Waals surface area contributed by atoms with Gasteiger partial charge in [0.2, 0.25) is 0 Å². The number of halogens is 1. The number of aromatic nitrogens is 1. The monoisotopic (exact) mass is 253 g/mol. The molecule has 4 heteroatoms. The van der Waals surface area contributed by atoms with Crippen LogP contribution in [-0.2, 0) is 0 Å². The number of piperidine rings is 1. The van der Waals surface area contributed by atoms with E-state index >= 15 is 0 Å². The summed E-state index contributed by atoms with van der Waals surface area (Å²) >= 11 is 5.84. The molecule has 0 radical (unpaired) electrons. The molecule has 1 aromatic rings. The Morgan fingerprint density at radius 2 is 2.06 bits per heavy atom. The van der Waals surface area contributed by atoms with Crippen LogP contribution in [-0.4, -0.2) is 43.6 Å². The summed E-state index contributed by atoms with van der Waals surface area (Å²) in [5.74, 6) is 1.88. The van der Waals surface area contributed by atoms with E-state index < -0.39 is 0 Å². The first-order valence-electron chi connectivity index (χ1n) is 6.16. The Bertz CT molecular complexity index is 342. The van der Waals surface area contributed by atoms with Gasteiger partial charge >= 0.3 is 0 Å². The Kier molecular flexibility index (Phi) is 4.24. The van der Waals surface area contributed by atoms with Crippen LogP contribution in [0.3, 0.4) is 0 Å². The molecule has 0 amide bonds. The number of nitrogens with zero attached hydrogens (tertiary/aromatic N) is 3. The van der Waals surface area contributed by atoms with Gasteiger partial charge in [-0.1, -0.05) is 11.6 Å². The Hall–Kier alpha value is -0.800. The molecule has 0 aromatic carbocycles. The van der Waals surface area contributed by atoms with Crippen molar-refractivity contribution in [1.29, 1.82) is 0 Å². The van der Waals surface area contributed by atoms with Crippen molar-refractivity contribution in [2.24, 2.45) is 5.92 Å². The molecule has 2 rings (SSSR count). The van der Waals surface area contributed by atoms with E-state index in [1.165, 1.54) is 19.4 Å². The van der Waals surface area contributed by atoms with Gasteiger partial charge in [-0.05, 0) is 45.0 Å². The molecular formula is C13H20ClN3. The van der Waals surface area contributed by atoms with Crippen molar-refractivity contribution in [3.63, 3.8) is 0 Å². The van der Waals surface area contributed by atoms with Gasteiger partial charge in [-0.25, -0.2) is 4.98 Å². The minimum atomic E-state index is 0.705. The third-order valence-corrected chi connectivity index (χ3v) is 3.50. The molecule has 1 aromatic heterocycles. The third-order valence-electron chi connectivity index (χ3n) is 3.27. The predicted octanol–water partition coefficient (Wildman–Crippen LogP) is 2.51. The summed E-state index contributed by atoms with van der Waals surface area (Å²) in [5, 5.41) is 0.705. The highest BCUT2D eigenvalue weighted by Gasteiger charge is 2.20. The fraction of sp³-hybridized carbons (Fsp3) is 0.615. The fourth-order valence-electron chi connectivity index (χ4n) is 2.42. The number of hydrogen-bond acceptors (Lipinski definition) is 3. The minimum Gasteiger partial charge on any atom is -0.357 e. The molecule has 2 heterocycles. The molecule has 17 heavy (non-hydrogen) atoms. The van der Waals surface area contributed by atoms with E-state index in [4.69, 9.17) is 11.6 Å². The molecule has 0 spiro atoms. The number of hydrogen-bond donors (Lipinski definition) is 0. The molecule has 0 bridgehead atoms. The zero-order chi connectivity index (χ0) is 12.3. The normalized spacial score (nSPS) is 17.8. The molecule has 0 N–H and O–H groups in total. The van der Waals surface area contributed by atoms with E-state index in [0.717, 1.165) is 24.8 Å². The molecule has 3 nitrogen and oxygen atoms in total. The van der Waals surface area contributed by atoms with Gasteiger partial charge in [0, 0.05) is 25.8 Å². The van der Waals surface area contributed by atoms with Crippen LogP contribution in [0.25, 0.3) is 0 Å². The third kappa shape index (κ3) is 3.58. The van der Waals surface area contributed by atoms with Crippen LogP contribution in [0.15, 0.2) is 18.3 Å². The summed E-state index contributed by atoms with van der Waals surface area (Å²) in [6.07, 6.45) is 4.23. The van der Waals surface area contributed by atoms with Crippen molar-refractivity contribution >= 4 is 17.4 Å². The molecule has 1 fully saturated rings. The van der Waals surface area contributed by atoms with Gasteiger partial charge < -0.3 is 9.80 Å². The predicted molar refractivity (Wildman–Crippen MR) is 72.7 cm³/mol. The van der Waals surface area contributed by atoms with Gasteiger partial charge in [0.15, 0.2) is 0 Å². The van der Waals surface area contributed by atoms with Crippen molar-refractivity contribution in [3.8, 4) is 0 Å². The van der Waals surface area contributed by atoms with Crippen molar-refractivity contribution < 1.29 is 0 Å². The van der Waals surface area contributed by atoms with Crippen LogP contribution >= 0.6 is 11.6 Å². The van der Waals surface area contributed by atoms with Crippen LogP contribution < -0.4 is 4.90 Å². The Morgan fingerprint density at radius 3 is 2.59 bits per heavy atom. The topological polar surface area (TPSA) is 19.4 Å². The summed E-state index contributed by atoms with van der Waals surface area (Å²) in [7, 11) is 4.29. The summed E-state index contributed by atoms with van der Waals surface area (Å²) in [4.78, 5) is 9.00. The van der Waals surface area contributed by atoms with E-state index in [-0.39, 0.29) is 0 Å². The molecule has 0 aliphatic carbocycles. The maximum atomic E-state index is 5.84. The zero-order valence-corrected chi connectivity index (χ0v) is 11.3. The van der Waals surface area contributed by atoms with E-state index in [1.54, 1.807) is 6.20 Å². The van der Waals surface area contributed by atoms with Crippen molar-refractivity contribution in [1.82, 2.24) is 9.88 Å². The second kappa shape index (κ2) is 5.69. The SMILES string of the molecule is CN(C)CC1CCN(c2ccc(Cl)cn2)CC1. The lowest BCUT2D eigenvalue weighted by Gasteiger charge is -2.33. The fourth-order valence-corrected chi connectivity index (χ4v) is 2.53. The number of anilines is 1. The van der Waals surface area contributed by atoms with Crippen molar-refractivity contribution in [2.45, 2.75) is 12.8 Å². The Labute approximate surface area is 108 Å². The van der Waals surface area contributed by atoms with Gasteiger partial charge in [-0.15, -0.1) is 0 Å². The van der Waals surface area contributed by atoms with Gasteiger partial charge in [-0.3, -0.25) is 0 Å². The lowest BCUT2D eigenvalue weighted by Crippen LogP contribution is -2.37. The van der Waals surface area contributed by atoms with E-state index in [9.17, 15) is 0 Å². The highest BCUT2D eigenvalue weighted by atomic mass is 35.5. The van der Waals surface area contributed by atoms with Gasteiger partial charge in [0.05, 0.1) is 5.02 Å². The molecule has 94 valence electrons. The standard InChI is InChI=1S/C13H20ClN3/c1-16(2)10-11-5-7-17(8-6-11)13-4-3-12(14)9-15-13/h3-4,9,11H,5-8,10H2,1-2H3. The highest BCUT2D eigenvalue weighted by molar-refractivity contribution is 6.30. The number of pyridine rings is 1. The first kappa shape index (κ1) is 12.7. The summed E-state index contributed by atoms with van der Waals surface area (Å²) in [6, 6.07) is 3.92. The summed E-state index contributed by atoms with van der Waals surface area (Å²) < 4.78 is 0. The lowest BCUT2D eigenvalue weighted by atomic mass is 9.96. The molecule has 0 unspecified atom stereocenters. The highest BCUT2D eigenvalue weighted by Crippen LogP contribution is 2.22. The van der Waals surface area contributed by atoms with E-state index in [2.05, 4.69) is 28.9 Å². The van der Waals surface area contributed by atoms with Crippen LogP contribution in [0.5, 0.6) is 0 Å². The summed E-state index contributed by atoms with van der Waals surface area (Å²) in [6.45, 7) is 3.40. The van der Waals surface area contributed by atoms with Gasteiger partial charge in [0.25, 0.3) is 0 Å². The van der Waals surface area contributed by atoms with Crippen molar-refractivity contribution in [2.75, 3.05) is 38.6 Å². The summed E-state index contributed by atoms with van der Waals surface area (Å²) in [5.41, 5.74) is 0. The smallest absolute Gasteiger partial charge is 0.128 e. The number of rotatable bonds is 3. The van der Waals surface area contributed by atoms with Gasteiger partial charge in [-0.2, -0.15) is 0 Å². The Morgan fingerprint density at radius 1 is 1.35 bits per heavy atom. The molecular weight excluding hydrogens is 234 g/mol. The van der Waals surface area contributed by atoms with Crippen LogP contribution in [0.1, 0.15) is 12.8 Å². The quantitative estimate of drug-likeness (QED) is 0.825. The maximum Gasteiger partial charge on any atom is 0.128 e. The molecule has 1 aliphatic rings. The van der Waals surface area contributed by atoms with Crippen LogP contribution in [0.2, 0.25) is 5.02 Å². The lowest BCUT2D eigenvalue weighted by molar-refractivity contribution is 0.284. The van der Waals surface area contributed by atoms with Crippen LogP contribution in [0, 0.1) is 5.92 Å². The largest absolute Gasteiger partial charge is 0.357 e. The molecule has 1 aliphatic heterocycles.